The maximum absolute atomic E-state index is 14.1. The number of carboxylic acids is 1. The largest absolute Gasteiger partial charge is 0.493 e. The van der Waals surface area contributed by atoms with Gasteiger partial charge in [-0.1, -0.05) is 36.4 Å². The van der Waals surface area contributed by atoms with Crippen molar-refractivity contribution in [3.05, 3.63) is 130 Å². The maximum atomic E-state index is 14.1. The average Bonchev–Trinajstić information content (AvgIpc) is 1.60. The highest BCUT2D eigenvalue weighted by Crippen LogP contribution is 2.42. The van der Waals surface area contributed by atoms with Gasteiger partial charge >= 0.3 is 5.97 Å². The highest BCUT2D eigenvalue weighted by molar-refractivity contribution is 6.15. The number of aryl methyl sites for hydroxylation is 1. The topological polar surface area (TPSA) is 244 Å². The third-order valence-corrected chi connectivity index (χ3v) is 15.7. The molecule has 94 heavy (non-hydrogen) atoms. The van der Waals surface area contributed by atoms with E-state index in [9.17, 15) is 14.4 Å². The fourth-order valence-corrected chi connectivity index (χ4v) is 10.9. The molecular weight excluding hydrogens is 1210 g/mol. The van der Waals surface area contributed by atoms with Crippen molar-refractivity contribution < 1.29 is 90.5 Å². The number of para-hydroxylation sites is 2. The van der Waals surface area contributed by atoms with Crippen LogP contribution in [0, 0.1) is 6.92 Å². The molecule has 0 radical (unpaired) electrons. The Balaban J connectivity index is 0.628. The summed E-state index contributed by atoms with van der Waals surface area (Å²) < 4.78 is 85.6. The monoisotopic (exact) mass is 1300 g/mol. The van der Waals surface area contributed by atoms with E-state index in [2.05, 4.69) is 29.2 Å². The third-order valence-electron chi connectivity index (χ3n) is 15.7. The number of benzene rings is 5. The molecule has 0 spiro atoms. The number of methoxy groups -OCH3 is 1. The van der Waals surface area contributed by atoms with E-state index in [1.165, 1.54) is 0 Å². The van der Waals surface area contributed by atoms with E-state index in [4.69, 9.17) is 86.1 Å². The first-order chi connectivity index (χ1) is 46.1. The second-order valence-electron chi connectivity index (χ2n) is 22.4. The summed E-state index contributed by atoms with van der Waals surface area (Å²) in [6.45, 7) is 13.3. The van der Waals surface area contributed by atoms with Gasteiger partial charge in [0.2, 0.25) is 0 Å². The molecule has 24 heteroatoms. The van der Waals surface area contributed by atoms with Gasteiger partial charge in [0.05, 0.1) is 207 Å². The van der Waals surface area contributed by atoms with Crippen molar-refractivity contribution in [1.29, 1.82) is 0 Å². The smallest absolute Gasteiger partial charge is 0.305 e. The molecule has 0 unspecified atom stereocenters. The SMILES string of the molecule is COc1cc2c(cc1OCc1cc(COc3cc4c(cc3C)C(=O)N3c5ccccc5C[C@H]3C=N4)cc(N(C)CCOCCOCCOCCOCCOCCOCCOCCOCCOCCOCCOCCOCCC(=O)O)c1)N=C[C@@H]1Cc3ccccc3N1C2=O. The fraction of sp³-hybridized carbons (Fsp3) is 0.500. The zero-order valence-corrected chi connectivity index (χ0v) is 54.2. The minimum atomic E-state index is -0.883. The normalized spacial score (nSPS) is 15.1. The molecule has 2 atom stereocenters. The first-order valence-electron chi connectivity index (χ1n) is 32.2. The van der Waals surface area contributed by atoms with E-state index < -0.39 is 5.97 Å². The molecule has 24 nitrogen and oxygen atoms in total. The Bertz CT molecular complexity index is 3260. The Hall–Kier alpha value is -7.43. The lowest BCUT2D eigenvalue weighted by Gasteiger charge is -2.23. The van der Waals surface area contributed by atoms with Gasteiger partial charge in [0.15, 0.2) is 11.5 Å². The van der Waals surface area contributed by atoms with E-state index in [0.717, 1.165) is 44.9 Å². The van der Waals surface area contributed by atoms with Crippen molar-refractivity contribution in [2.24, 2.45) is 9.98 Å². The lowest BCUT2D eigenvalue weighted by Crippen LogP contribution is -2.37. The average molecular weight is 1300 g/mol. The van der Waals surface area contributed by atoms with Gasteiger partial charge in [-0.2, -0.15) is 0 Å². The molecule has 0 saturated carbocycles. The highest BCUT2D eigenvalue weighted by atomic mass is 16.6. The van der Waals surface area contributed by atoms with Crippen molar-refractivity contribution in [1.82, 2.24) is 0 Å². The summed E-state index contributed by atoms with van der Waals surface area (Å²) in [7, 11) is 3.57. The quantitative estimate of drug-likeness (QED) is 0.0364. The Morgan fingerprint density at radius 2 is 0.851 bits per heavy atom. The van der Waals surface area contributed by atoms with Crippen LogP contribution in [0.2, 0.25) is 0 Å². The number of carbonyl (C=O) groups excluding carboxylic acids is 2. The number of aliphatic imine (C=N–C) groups is 2. The van der Waals surface area contributed by atoms with Crippen molar-refractivity contribution in [2.75, 3.05) is 194 Å². The minimum Gasteiger partial charge on any atom is -0.493 e. The predicted molar refractivity (Wildman–Crippen MR) is 352 cm³/mol. The Morgan fingerprint density at radius 3 is 1.27 bits per heavy atom. The number of likely N-dealkylation sites (N-methyl/N-ethyl adjacent to an activating group) is 1. The van der Waals surface area contributed by atoms with Crippen LogP contribution in [0.1, 0.15) is 55.0 Å². The lowest BCUT2D eigenvalue weighted by atomic mass is 10.1. The van der Waals surface area contributed by atoms with Gasteiger partial charge in [-0.05, 0) is 77.2 Å². The summed E-state index contributed by atoms with van der Waals surface area (Å²) in [6.07, 6.45) is 5.10. The Morgan fingerprint density at radius 1 is 0.479 bits per heavy atom. The summed E-state index contributed by atoms with van der Waals surface area (Å²) in [4.78, 5) is 54.0. The van der Waals surface area contributed by atoms with Crippen LogP contribution in [-0.4, -0.2) is 227 Å². The van der Waals surface area contributed by atoms with Gasteiger partial charge in [0.1, 0.15) is 19.0 Å². The zero-order chi connectivity index (χ0) is 65.5. The van der Waals surface area contributed by atoms with Gasteiger partial charge in [-0.3, -0.25) is 34.2 Å². The fourth-order valence-electron chi connectivity index (χ4n) is 10.9. The molecule has 0 aromatic heterocycles. The first kappa shape index (κ1) is 70.9. The van der Waals surface area contributed by atoms with Crippen LogP contribution in [0.4, 0.5) is 28.4 Å². The maximum Gasteiger partial charge on any atom is 0.305 e. The Labute approximate surface area is 549 Å². The van der Waals surface area contributed by atoms with Gasteiger partial charge in [-0.15, -0.1) is 0 Å². The molecule has 2 amide bonds. The van der Waals surface area contributed by atoms with E-state index in [0.29, 0.717) is 211 Å². The second kappa shape index (κ2) is 38.8. The molecule has 4 heterocycles. The number of nitrogens with zero attached hydrogens (tertiary/aromatic N) is 5. The van der Waals surface area contributed by atoms with Crippen LogP contribution >= 0.6 is 0 Å². The summed E-state index contributed by atoms with van der Waals surface area (Å²) >= 11 is 0. The number of carbonyl (C=O) groups is 3. The second-order valence-corrected chi connectivity index (χ2v) is 22.4. The molecule has 1 N–H and O–H groups in total. The van der Waals surface area contributed by atoms with Crippen molar-refractivity contribution in [2.45, 2.75) is 51.5 Å². The molecule has 5 aromatic carbocycles. The van der Waals surface area contributed by atoms with Crippen molar-refractivity contribution in [3.8, 4) is 17.2 Å². The molecule has 4 aliphatic heterocycles. The van der Waals surface area contributed by atoms with Gasteiger partial charge in [0.25, 0.3) is 11.8 Å². The number of anilines is 3. The molecule has 9 rings (SSSR count). The van der Waals surface area contributed by atoms with Crippen molar-refractivity contribution in [3.63, 3.8) is 0 Å². The molecule has 0 bridgehead atoms. The van der Waals surface area contributed by atoms with Crippen LogP contribution < -0.4 is 28.9 Å². The lowest BCUT2D eigenvalue weighted by molar-refractivity contribution is -0.138. The summed E-state index contributed by atoms with van der Waals surface area (Å²) in [5.41, 5.74) is 9.62. The molecule has 508 valence electrons. The zero-order valence-electron chi connectivity index (χ0n) is 54.2. The highest BCUT2D eigenvalue weighted by Gasteiger charge is 2.38. The first-order valence-corrected chi connectivity index (χ1v) is 32.2. The number of fused-ring (bicyclic) bond motifs is 8. The number of hydrogen-bond acceptors (Lipinski definition) is 21. The predicted octanol–water partition coefficient (Wildman–Crippen LogP) is 7.85. The van der Waals surface area contributed by atoms with E-state index in [1.807, 2.05) is 90.8 Å². The van der Waals surface area contributed by atoms with Crippen LogP contribution in [0.5, 0.6) is 17.2 Å². The van der Waals surface area contributed by atoms with Crippen molar-refractivity contribution >= 4 is 58.6 Å². The van der Waals surface area contributed by atoms with Crippen LogP contribution in [0.3, 0.4) is 0 Å². The van der Waals surface area contributed by atoms with Crippen LogP contribution in [-0.2, 0) is 87.7 Å². The van der Waals surface area contributed by atoms with Crippen LogP contribution in [0.15, 0.2) is 101 Å². The van der Waals surface area contributed by atoms with Gasteiger partial charge in [-0.25, -0.2) is 0 Å². The number of amides is 2. The van der Waals surface area contributed by atoms with Gasteiger partial charge < -0.3 is 81.1 Å². The molecule has 5 aromatic rings. The molecule has 0 aliphatic carbocycles. The number of rotatable bonds is 47. The van der Waals surface area contributed by atoms with Gasteiger partial charge in [0, 0.05) is 68.1 Å². The van der Waals surface area contributed by atoms with Crippen LogP contribution in [0.25, 0.3) is 0 Å². The third kappa shape index (κ3) is 21.5. The summed E-state index contributed by atoms with van der Waals surface area (Å²) in [5, 5.41) is 8.56. The molecule has 0 fully saturated rings. The molecule has 0 saturated heterocycles. The summed E-state index contributed by atoms with van der Waals surface area (Å²) in [5.74, 6) is 0.395. The number of aliphatic carboxylic acids is 1. The van der Waals surface area contributed by atoms with E-state index >= 15 is 0 Å². The summed E-state index contributed by atoms with van der Waals surface area (Å²) in [6, 6.07) is 29.1. The minimum absolute atomic E-state index is 0.0155. The molecular formula is C70H89N5O19. The van der Waals surface area contributed by atoms with E-state index in [1.54, 1.807) is 19.2 Å². The number of ether oxygens (including phenoxy) is 15. The van der Waals surface area contributed by atoms with E-state index in [-0.39, 0.29) is 50.1 Å². The number of hydrogen-bond donors (Lipinski definition) is 1. The number of carboxylic acid groups (broad SMARTS) is 1. The Kier molecular flexibility index (Phi) is 29.3. The molecule has 4 aliphatic rings. The standard InChI is InChI=1S/C70H89N5O19/c1-51-38-59-61(71-47-57-42-54-8-4-6-10-63(54)74(57)69(59)78)45-65(51)93-49-52-39-53(50-94-67-46-62-60(44-66(67)80-3)70(79)75-58(48-72-62)43-55-9-5-7-11-64(55)75)41-56(40-52)73(2)13-15-82-17-19-84-21-23-86-25-27-88-29-31-90-33-35-92-37-36-91-34-32-89-30-28-87-26-24-85-22-20-83-18-16-81-14-12-68(76)77/h4-11,38-41,44-48,57-58H,12-37,42-43,49-50H2,1-3H3,(H,76,77)/t57-,58-/m0/s1.